The first-order valence-corrected chi connectivity index (χ1v) is 50.6. The fourth-order valence-corrected chi connectivity index (χ4v) is 23.3. The summed E-state index contributed by atoms with van der Waals surface area (Å²) in [5.74, 6) is -10.5. The maximum absolute atomic E-state index is 13.9. The number of nitrogens with one attached hydrogen (secondary N) is 4. The molecule has 13 aromatic rings. The number of carbonyl (C=O) groups is 11. The van der Waals surface area contributed by atoms with Crippen molar-refractivity contribution in [2.45, 2.75) is 177 Å². The molecule has 25 nitrogen and oxygen atoms in total. The van der Waals surface area contributed by atoms with Crippen molar-refractivity contribution >= 4 is 213 Å². The number of alkyl halides is 2. The van der Waals surface area contributed by atoms with Crippen LogP contribution < -0.4 is 27.0 Å². The van der Waals surface area contributed by atoms with Crippen LogP contribution >= 0.6 is 124 Å². The number of Topliss-reactive ketones (excluding diaryl/α,β-unsaturated/α-hetero) is 7. The Hall–Kier alpha value is -11.4. The van der Waals surface area contributed by atoms with Crippen molar-refractivity contribution < 1.29 is 87.9 Å². The van der Waals surface area contributed by atoms with Crippen LogP contribution in [0.2, 0.25) is 0 Å². The average Bonchev–Trinajstić information content (AvgIpc) is 1.63. The SMILES string of the molecule is Cl.Nc1nc2c(s1)C(=O)CCCC2.O=C(Nc1nc2c(s1)-c1nc(-c3cccnc3)sc1CCC2)c1c(F)cccc1F.O=C(Nc1nc2c(s1)-c1nc(-c3cccnc3)sc1CCC2)c1c(F)cccc1F.O=C(Nc1nc2c(s1)C(=O)C(Br)CCC2)c1c(F)cccc1F.O=C1CCCCC(=O)C1.O=C1CCCCC(=O)C1Br.O=C1CCCCc2nc(NC(=O)c3c(F)cccc3F)sc21. The molecule has 20 rings (SSSR count). The third kappa shape index (κ3) is 26.4. The summed E-state index contributed by atoms with van der Waals surface area (Å²) in [6.45, 7) is 0. The number of amides is 4. The van der Waals surface area contributed by atoms with E-state index in [1.807, 2.05) is 24.3 Å². The van der Waals surface area contributed by atoms with Gasteiger partial charge in [-0.05, 0) is 195 Å². The summed E-state index contributed by atoms with van der Waals surface area (Å²) in [6, 6.07) is 20.7. The maximum Gasteiger partial charge on any atom is 0.263 e. The number of hydrogen-bond acceptors (Lipinski definition) is 28. The molecule has 137 heavy (non-hydrogen) atoms. The van der Waals surface area contributed by atoms with Crippen molar-refractivity contribution in [3.63, 3.8) is 0 Å². The Morgan fingerprint density at radius 1 is 0.343 bits per heavy atom. The molecule has 6 N–H and O–H groups in total. The van der Waals surface area contributed by atoms with Gasteiger partial charge < -0.3 is 5.73 Å². The second-order valence-electron chi connectivity index (χ2n) is 31.4. The lowest BCUT2D eigenvalue weighted by atomic mass is 10.2. The van der Waals surface area contributed by atoms with Gasteiger partial charge in [-0.1, -0.05) is 113 Å². The smallest absolute Gasteiger partial charge is 0.263 e. The molecule has 1 unspecified atom stereocenters. The van der Waals surface area contributed by atoms with E-state index in [2.05, 4.69) is 88.0 Å². The fraction of sp³-hybridized carbons (Fsp3) is 0.298. The van der Waals surface area contributed by atoms with Crippen LogP contribution in [0, 0.1) is 46.5 Å². The van der Waals surface area contributed by atoms with Crippen LogP contribution in [0.5, 0.6) is 0 Å². The second kappa shape index (κ2) is 48.3. The third-order valence-electron chi connectivity index (χ3n) is 21.7. The van der Waals surface area contributed by atoms with Crippen LogP contribution in [-0.4, -0.2) is 119 Å². The van der Waals surface area contributed by atoms with Crippen molar-refractivity contribution in [3.05, 3.63) is 243 Å². The predicted octanol–water partition coefficient (Wildman–Crippen LogP) is 22.8. The van der Waals surface area contributed by atoms with E-state index in [0.29, 0.717) is 87.9 Å². The van der Waals surface area contributed by atoms with Crippen molar-refractivity contribution in [3.8, 4) is 42.3 Å². The summed E-state index contributed by atoms with van der Waals surface area (Å²) in [4.78, 5) is 172. The lowest BCUT2D eigenvalue weighted by molar-refractivity contribution is -0.127. The van der Waals surface area contributed by atoms with Crippen molar-refractivity contribution in [1.29, 1.82) is 0 Å². The first-order chi connectivity index (χ1) is 65.5. The molecule has 7 aliphatic carbocycles. The molecule has 2 saturated carbocycles. The number of hydrogen-bond donors (Lipinski definition) is 5. The highest BCUT2D eigenvalue weighted by atomic mass is 79.9. The molecule has 0 aliphatic heterocycles. The zero-order chi connectivity index (χ0) is 96.4. The van der Waals surface area contributed by atoms with Gasteiger partial charge in [0.2, 0.25) is 0 Å². The Morgan fingerprint density at radius 3 is 1.04 bits per heavy atom. The summed E-state index contributed by atoms with van der Waals surface area (Å²) in [5, 5.41) is 13.1. The van der Waals surface area contributed by atoms with Gasteiger partial charge in [-0.3, -0.25) is 84.0 Å². The molecule has 712 valence electrons. The number of anilines is 5. The Bertz CT molecular complexity index is 6410. The van der Waals surface area contributed by atoms with Crippen molar-refractivity contribution in [2.24, 2.45) is 0 Å². The zero-order valence-corrected chi connectivity index (χ0v) is 81.9. The van der Waals surface area contributed by atoms with Gasteiger partial charge in [-0.15, -0.1) is 35.1 Å². The number of nitrogens with zero attached hydrogens (tertiary/aromatic N) is 9. The minimum Gasteiger partial charge on any atom is -0.375 e. The van der Waals surface area contributed by atoms with Gasteiger partial charge in [0, 0.05) is 84.2 Å². The lowest BCUT2D eigenvalue weighted by Gasteiger charge is -2.04. The Labute approximate surface area is 828 Å². The molecule has 0 radical (unpaired) electrons. The van der Waals surface area contributed by atoms with Crippen molar-refractivity contribution in [2.75, 3.05) is 27.0 Å². The minimum absolute atomic E-state index is 0. The molecule has 2 fully saturated rings. The lowest BCUT2D eigenvalue weighted by Crippen LogP contribution is -2.20. The van der Waals surface area contributed by atoms with E-state index in [0.717, 1.165) is 254 Å². The van der Waals surface area contributed by atoms with Gasteiger partial charge in [0.15, 0.2) is 54.6 Å². The van der Waals surface area contributed by atoms with E-state index in [4.69, 9.17) is 15.7 Å². The zero-order valence-electron chi connectivity index (χ0n) is 72.2. The van der Waals surface area contributed by atoms with Gasteiger partial charge in [0.1, 0.15) is 95.2 Å². The quantitative estimate of drug-likeness (QED) is 0.0279. The Morgan fingerprint density at radius 2 is 0.657 bits per heavy atom. The molecular formula is C94H81Br2ClF8N14O11S7. The second-order valence-corrected chi connectivity index (χ2v) is 40.6. The number of nitrogen functional groups attached to an aromatic ring is 1. The number of ketones is 7. The number of thiazole rings is 7. The van der Waals surface area contributed by atoms with Crippen LogP contribution in [0.1, 0.15) is 231 Å². The van der Waals surface area contributed by atoms with Gasteiger partial charge in [-0.25, -0.2) is 70.0 Å². The summed E-state index contributed by atoms with van der Waals surface area (Å²) in [5.41, 5.74) is 10.5. The normalized spacial score (nSPS) is 15.4. The highest BCUT2D eigenvalue weighted by Gasteiger charge is 2.34. The largest absolute Gasteiger partial charge is 0.375 e. The van der Waals surface area contributed by atoms with E-state index in [-0.39, 0.29) is 74.4 Å². The first-order valence-electron chi connectivity index (χ1n) is 43.0. The van der Waals surface area contributed by atoms with Gasteiger partial charge in [0.25, 0.3) is 23.6 Å². The molecule has 7 aliphatic rings. The molecule has 43 heteroatoms. The molecule has 4 amide bonds. The number of pyridine rings is 2. The predicted molar refractivity (Wildman–Crippen MR) is 520 cm³/mol. The van der Waals surface area contributed by atoms with Crippen LogP contribution in [0.15, 0.2) is 122 Å². The molecule has 1 atom stereocenters. The molecule has 0 bridgehead atoms. The number of nitrogens with two attached hydrogens (primary N) is 1. The highest BCUT2D eigenvalue weighted by molar-refractivity contribution is 9.10. The topological polar surface area (TPSA) is 378 Å². The molecule has 9 heterocycles. The summed E-state index contributed by atoms with van der Waals surface area (Å²) < 4.78 is 110. The van der Waals surface area contributed by atoms with E-state index in [9.17, 15) is 87.9 Å². The number of benzene rings is 4. The molecule has 0 saturated heterocycles. The number of carbonyl (C=O) groups excluding carboxylic acids is 11. The number of halogens is 11. The van der Waals surface area contributed by atoms with Gasteiger partial charge >= 0.3 is 0 Å². The number of fused-ring (bicyclic) bond motifs is 9. The third-order valence-corrected chi connectivity index (χ3v) is 31.0. The van der Waals surface area contributed by atoms with Crippen LogP contribution in [0.25, 0.3) is 42.3 Å². The van der Waals surface area contributed by atoms with E-state index < -0.39 is 97.2 Å². The first kappa shape index (κ1) is 103. The molecule has 4 aromatic carbocycles. The molecular weight excluding hydrogens is 2070 g/mol. The van der Waals surface area contributed by atoms with Crippen LogP contribution in [0.4, 0.5) is 60.8 Å². The van der Waals surface area contributed by atoms with Crippen LogP contribution in [0.3, 0.4) is 0 Å². The molecule has 9 aromatic heterocycles. The monoisotopic (exact) mass is 2150 g/mol. The molecule has 0 spiro atoms. The summed E-state index contributed by atoms with van der Waals surface area (Å²) >= 11 is 15.6. The van der Waals surface area contributed by atoms with E-state index in [1.165, 1.54) is 58.3 Å². The van der Waals surface area contributed by atoms with Crippen LogP contribution in [-0.2, 0) is 64.1 Å². The van der Waals surface area contributed by atoms with E-state index >= 15 is 0 Å². The van der Waals surface area contributed by atoms with Gasteiger partial charge in [0.05, 0.1) is 75.5 Å². The summed E-state index contributed by atoms with van der Waals surface area (Å²) in [7, 11) is 0. The fourth-order valence-electron chi connectivity index (χ4n) is 15.0. The highest BCUT2D eigenvalue weighted by Crippen LogP contribution is 2.46. The Balaban J connectivity index is 0.000000140. The standard InChI is InChI=1S/2C21H14F2N4OS2.C15H11BrF2N2O2S.C15H12F2N2O2S.C8H10N2OS.C7H9BrO2.C7H10O2.ClH/c2*22-12-5-1-6-13(23)16(12)19(28)27-21-25-14-7-2-8-15-17(18(14)30-21)26-20(29-15)11-4-3-9-24-10-11;16-7-3-1-6-10-13(12(7)21)23-15(19-10)20-14(22)11-8(17)4-2-5-9(11)18;16-8-4-3-5-9(17)12(8)14(21)19-15-18-10-6-1-2-7-11(20)13(10)22-15;9-8-10-5-3-1-2-4-6(11)7(5)12-8;8-7-5(9)3-1-2-4-6(7)10;8-6-3-1-2-4-7(9)5-6;/h2*1,3-6,9-10H,2,7-8H2,(H,25,27,28);2,4-5,7H,1,3,6H2,(H,19,20,22);3-5H,1-2,6-7H2,(H,18,19,21);1-4H2,(H2,9,10);7H,1-4H2;1-5H2;1H. The number of aromatic nitrogens is 9. The van der Waals surface area contributed by atoms with E-state index in [1.54, 1.807) is 47.5 Å². The maximum atomic E-state index is 13.9. The average molecular weight is 2150 g/mol. The van der Waals surface area contributed by atoms with Crippen molar-refractivity contribution in [1.82, 2.24) is 44.9 Å². The van der Waals surface area contributed by atoms with Gasteiger partial charge in [-0.2, -0.15) is 0 Å². The number of rotatable bonds is 10. The Kier molecular flexibility index (Phi) is 36.3. The minimum atomic E-state index is -0.947. The number of aryl methyl sites for hydroxylation is 7. The summed E-state index contributed by atoms with van der Waals surface area (Å²) in [6.07, 6.45) is 26.8.